The Morgan fingerprint density at radius 1 is 1.18 bits per heavy atom. The summed E-state index contributed by atoms with van der Waals surface area (Å²) in [6.07, 6.45) is 1.85. The molecule has 1 fully saturated rings. The molecule has 1 saturated heterocycles. The second-order valence-corrected chi connectivity index (χ2v) is 7.92. The fourth-order valence-electron chi connectivity index (χ4n) is 3.17. The van der Waals surface area contributed by atoms with Crippen LogP contribution in [0.4, 0.5) is 0 Å². The van der Waals surface area contributed by atoms with Crippen molar-refractivity contribution >= 4 is 32.9 Å². The van der Waals surface area contributed by atoms with Crippen LogP contribution in [0.3, 0.4) is 0 Å². The van der Waals surface area contributed by atoms with Gasteiger partial charge in [0, 0.05) is 22.5 Å². The van der Waals surface area contributed by atoms with Crippen molar-refractivity contribution in [2.24, 2.45) is 4.99 Å². The number of nitrogens with zero attached hydrogens (tertiary/aromatic N) is 3. The van der Waals surface area contributed by atoms with Crippen molar-refractivity contribution in [2.45, 2.75) is 24.3 Å². The molecule has 0 saturated carbocycles. The highest BCUT2D eigenvalue weighted by molar-refractivity contribution is 9.10. The maximum Gasteiger partial charge on any atom is 0.160 e. The van der Waals surface area contributed by atoms with Crippen molar-refractivity contribution in [3.05, 3.63) is 64.4 Å². The Labute approximate surface area is 143 Å². The molecule has 0 aliphatic carbocycles. The van der Waals surface area contributed by atoms with Crippen molar-refractivity contribution in [1.29, 1.82) is 0 Å². The van der Waals surface area contributed by atoms with E-state index in [0.29, 0.717) is 5.25 Å². The molecule has 0 spiro atoms. The highest BCUT2D eigenvalue weighted by Crippen LogP contribution is 2.48. The first-order chi connectivity index (χ1) is 10.7. The van der Waals surface area contributed by atoms with Gasteiger partial charge in [-0.25, -0.2) is 0 Å². The second kappa shape index (κ2) is 5.70. The van der Waals surface area contributed by atoms with Crippen LogP contribution >= 0.6 is 27.7 Å². The molecule has 5 heteroatoms. The van der Waals surface area contributed by atoms with Gasteiger partial charge in [-0.05, 0) is 23.8 Å². The SMILES string of the molecule is C[C@@H]1CN2C(=N[C@@H](c3ccccn3)[C@@H]2c2ccccc2Br)S1. The van der Waals surface area contributed by atoms with E-state index >= 15 is 0 Å². The maximum absolute atomic E-state index is 4.99. The van der Waals surface area contributed by atoms with Gasteiger partial charge in [0.05, 0.1) is 11.7 Å². The number of benzene rings is 1. The topological polar surface area (TPSA) is 28.5 Å². The molecule has 2 aromatic rings. The van der Waals surface area contributed by atoms with E-state index in [0.717, 1.165) is 21.9 Å². The lowest BCUT2D eigenvalue weighted by Crippen LogP contribution is -2.28. The number of hydrogen-bond donors (Lipinski definition) is 0. The smallest absolute Gasteiger partial charge is 0.160 e. The van der Waals surface area contributed by atoms with E-state index in [1.54, 1.807) is 0 Å². The van der Waals surface area contributed by atoms with E-state index in [1.807, 2.05) is 30.1 Å². The van der Waals surface area contributed by atoms with E-state index < -0.39 is 0 Å². The zero-order valence-electron chi connectivity index (χ0n) is 12.2. The minimum atomic E-state index is 0.0647. The number of halogens is 1. The third-order valence-corrected chi connectivity index (χ3v) is 5.93. The van der Waals surface area contributed by atoms with Crippen LogP contribution in [0.25, 0.3) is 0 Å². The summed E-state index contributed by atoms with van der Waals surface area (Å²) in [6.45, 7) is 3.30. The Hall–Kier alpha value is -1.33. The summed E-state index contributed by atoms with van der Waals surface area (Å²) in [7, 11) is 0. The second-order valence-electron chi connectivity index (χ2n) is 5.66. The summed E-state index contributed by atoms with van der Waals surface area (Å²) < 4.78 is 1.14. The standard InChI is InChI=1S/C17H16BrN3S/c1-11-10-21-16(12-6-2-3-7-13(12)18)15(20-17(21)22-11)14-8-4-5-9-19-14/h2-9,11,15-16H,10H2,1H3/t11-,15+,16+/m1/s1. The molecule has 3 atom stereocenters. The van der Waals surface area contributed by atoms with Gasteiger partial charge in [0.2, 0.25) is 0 Å². The Bertz CT molecular complexity index is 719. The predicted octanol–water partition coefficient (Wildman–Crippen LogP) is 4.43. The van der Waals surface area contributed by atoms with E-state index in [9.17, 15) is 0 Å². The van der Waals surface area contributed by atoms with E-state index in [-0.39, 0.29) is 12.1 Å². The molecule has 0 unspecified atom stereocenters. The first-order valence-corrected chi connectivity index (χ1v) is 9.08. The summed E-state index contributed by atoms with van der Waals surface area (Å²) in [6, 6.07) is 14.8. The molecule has 1 aromatic carbocycles. The molecule has 0 N–H and O–H groups in total. The van der Waals surface area contributed by atoms with Crippen LogP contribution in [0.5, 0.6) is 0 Å². The van der Waals surface area contributed by atoms with Crippen molar-refractivity contribution in [2.75, 3.05) is 6.54 Å². The number of aliphatic imine (C=N–C) groups is 1. The van der Waals surface area contributed by atoms with Crippen LogP contribution in [0.1, 0.15) is 30.3 Å². The van der Waals surface area contributed by atoms with Crippen molar-refractivity contribution in [3.8, 4) is 0 Å². The average molecular weight is 374 g/mol. The molecule has 22 heavy (non-hydrogen) atoms. The van der Waals surface area contributed by atoms with Crippen LogP contribution in [-0.4, -0.2) is 26.8 Å². The Kier molecular flexibility index (Phi) is 3.70. The van der Waals surface area contributed by atoms with Crippen LogP contribution < -0.4 is 0 Å². The zero-order chi connectivity index (χ0) is 15.1. The zero-order valence-corrected chi connectivity index (χ0v) is 14.6. The minimum Gasteiger partial charge on any atom is -0.341 e. The minimum absolute atomic E-state index is 0.0647. The summed E-state index contributed by atoms with van der Waals surface area (Å²) in [5, 5.41) is 1.75. The third kappa shape index (κ3) is 2.36. The number of thioether (sulfide) groups is 1. The lowest BCUT2D eigenvalue weighted by molar-refractivity contribution is 0.320. The number of amidine groups is 1. The quantitative estimate of drug-likeness (QED) is 0.779. The number of fused-ring (bicyclic) bond motifs is 1. The number of aromatic nitrogens is 1. The lowest BCUT2D eigenvalue weighted by Gasteiger charge is -2.28. The molecule has 2 aliphatic heterocycles. The normalized spacial score (nSPS) is 26.9. The highest BCUT2D eigenvalue weighted by Gasteiger charge is 2.43. The maximum atomic E-state index is 4.99. The predicted molar refractivity (Wildman–Crippen MR) is 95.1 cm³/mol. The van der Waals surface area contributed by atoms with Crippen molar-refractivity contribution in [1.82, 2.24) is 9.88 Å². The van der Waals surface area contributed by atoms with Crippen LogP contribution in [0, 0.1) is 0 Å². The van der Waals surface area contributed by atoms with Gasteiger partial charge in [-0.3, -0.25) is 9.98 Å². The summed E-state index contributed by atoms with van der Waals surface area (Å²) >= 11 is 5.59. The molecule has 3 nitrogen and oxygen atoms in total. The van der Waals surface area contributed by atoms with Gasteiger partial charge in [0.1, 0.15) is 6.04 Å². The molecule has 2 aliphatic rings. The summed E-state index contributed by atoms with van der Waals surface area (Å²) in [5.41, 5.74) is 2.32. The van der Waals surface area contributed by atoms with Gasteiger partial charge in [0.25, 0.3) is 0 Å². The first-order valence-electron chi connectivity index (χ1n) is 7.40. The van der Waals surface area contributed by atoms with Crippen LogP contribution in [-0.2, 0) is 0 Å². The van der Waals surface area contributed by atoms with Crippen molar-refractivity contribution in [3.63, 3.8) is 0 Å². The summed E-state index contributed by atoms with van der Waals surface area (Å²) in [5.74, 6) is 0. The molecule has 0 radical (unpaired) electrons. The average Bonchev–Trinajstić information content (AvgIpc) is 3.05. The van der Waals surface area contributed by atoms with Gasteiger partial charge >= 0.3 is 0 Å². The van der Waals surface area contributed by atoms with Gasteiger partial charge < -0.3 is 4.90 Å². The third-order valence-electron chi connectivity index (χ3n) is 4.11. The van der Waals surface area contributed by atoms with Crippen LogP contribution in [0.2, 0.25) is 0 Å². The molecule has 3 heterocycles. The van der Waals surface area contributed by atoms with Crippen molar-refractivity contribution < 1.29 is 0 Å². The molecule has 4 rings (SSSR count). The first kappa shape index (κ1) is 14.3. The summed E-state index contributed by atoms with van der Waals surface area (Å²) in [4.78, 5) is 12.0. The number of hydrogen-bond acceptors (Lipinski definition) is 4. The largest absolute Gasteiger partial charge is 0.341 e. The Balaban J connectivity index is 1.81. The fraction of sp³-hybridized carbons (Fsp3) is 0.294. The monoisotopic (exact) mass is 373 g/mol. The Morgan fingerprint density at radius 2 is 2.00 bits per heavy atom. The molecule has 112 valence electrons. The van der Waals surface area contributed by atoms with Gasteiger partial charge in [-0.1, -0.05) is 58.9 Å². The molecular formula is C17H16BrN3S. The van der Waals surface area contributed by atoms with Gasteiger partial charge in [-0.2, -0.15) is 0 Å². The van der Waals surface area contributed by atoms with E-state index in [2.05, 4.69) is 63.1 Å². The fourth-order valence-corrected chi connectivity index (χ4v) is 4.78. The van der Waals surface area contributed by atoms with E-state index in [4.69, 9.17) is 4.99 Å². The van der Waals surface area contributed by atoms with Gasteiger partial charge in [-0.15, -0.1) is 0 Å². The number of rotatable bonds is 2. The molecule has 1 aromatic heterocycles. The molecule has 0 amide bonds. The molecular weight excluding hydrogens is 358 g/mol. The van der Waals surface area contributed by atoms with Gasteiger partial charge in [0.15, 0.2) is 5.17 Å². The number of pyridine rings is 1. The van der Waals surface area contributed by atoms with E-state index in [1.165, 1.54) is 5.56 Å². The lowest BCUT2D eigenvalue weighted by atomic mass is 9.96. The Morgan fingerprint density at radius 3 is 2.77 bits per heavy atom. The highest BCUT2D eigenvalue weighted by atomic mass is 79.9. The molecule has 0 bridgehead atoms. The van der Waals surface area contributed by atoms with Crippen LogP contribution in [0.15, 0.2) is 58.1 Å².